The van der Waals surface area contributed by atoms with Gasteiger partial charge in [-0.3, -0.25) is 0 Å². The van der Waals surface area contributed by atoms with Gasteiger partial charge in [0.2, 0.25) is 0 Å². The second-order valence-electron chi connectivity index (χ2n) is 11.1. The van der Waals surface area contributed by atoms with Crippen LogP contribution in [0.4, 0.5) is 4.79 Å². The highest BCUT2D eigenvalue weighted by atomic mass is 16.6. The monoisotopic (exact) mass is 503 g/mol. The highest BCUT2D eigenvalue weighted by Crippen LogP contribution is 2.49. The smallest absolute Gasteiger partial charge is 0.410 e. The Labute approximate surface area is 217 Å². The van der Waals surface area contributed by atoms with Gasteiger partial charge < -0.3 is 18.9 Å². The number of rotatable bonds is 7. The minimum Gasteiger partial charge on any atom is -0.465 e. The Bertz CT molecular complexity index is 1260. The van der Waals surface area contributed by atoms with Crippen molar-refractivity contribution in [2.75, 3.05) is 13.7 Å². The molecule has 0 saturated heterocycles. The summed E-state index contributed by atoms with van der Waals surface area (Å²) in [5.41, 5.74) is 1.44. The van der Waals surface area contributed by atoms with Crippen LogP contribution in [-0.2, 0) is 14.9 Å². The predicted molar refractivity (Wildman–Crippen MR) is 137 cm³/mol. The van der Waals surface area contributed by atoms with Gasteiger partial charge in [0.25, 0.3) is 5.89 Å². The van der Waals surface area contributed by atoms with E-state index in [9.17, 15) is 9.59 Å². The lowest BCUT2D eigenvalue weighted by Crippen LogP contribution is -2.50. The van der Waals surface area contributed by atoms with Crippen LogP contribution in [0.1, 0.15) is 74.1 Å². The number of carbonyl (C=O) groups is 2. The molecule has 37 heavy (non-hydrogen) atoms. The summed E-state index contributed by atoms with van der Waals surface area (Å²) in [7, 11) is 1.35. The molecule has 1 aromatic heterocycles. The van der Waals surface area contributed by atoms with E-state index in [4.69, 9.17) is 19.0 Å². The molecular formula is C29H33N3O5. The van der Waals surface area contributed by atoms with Gasteiger partial charge in [0.05, 0.1) is 18.1 Å². The van der Waals surface area contributed by atoms with Gasteiger partial charge in [-0.2, -0.15) is 4.98 Å². The van der Waals surface area contributed by atoms with Gasteiger partial charge in [-0.25, -0.2) is 9.59 Å². The van der Waals surface area contributed by atoms with Crippen LogP contribution in [0.3, 0.4) is 0 Å². The largest absolute Gasteiger partial charge is 0.465 e. The molecule has 0 bridgehead atoms. The summed E-state index contributed by atoms with van der Waals surface area (Å²) in [6.07, 6.45) is 3.38. The molecule has 5 rings (SSSR count). The molecule has 194 valence electrons. The molecule has 3 aromatic rings. The van der Waals surface area contributed by atoms with Gasteiger partial charge in [-0.1, -0.05) is 41.9 Å². The van der Waals surface area contributed by atoms with Crippen LogP contribution < -0.4 is 0 Å². The van der Waals surface area contributed by atoms with Crippen molar-refractivity contribution in [1.29, 1.82) is 0 Å². The van der Waals surface area contributed by atoms with Crippen molar-refractivity contribution in [1.82, 2.24) is 15.0 Å². The molecule has 2 saturated carbocycles. The van der Waals surface area contributed by atoms with Gasteiger partial charge in [0.1, 0.15) is 5.60 Å². The van der Waals surface area contributed by atoms with E-state index in [0.717, 1.165) is 31.2 Å². The van der Waals surface area contributed by atoms with Crippen molar-refractivity contribution < 1.29 is 23.6 Å². The number of hydrogen-bond donors (Lipinski definition) is 0. The number of nitrogens with zero attached hydrogens (tertiary/aromatic N) is 3. The van der Waals surface area contributed by atoms with E-state index in [2.05, 4.69) is 17.3 Å². The maximum atomic E-state index is 13.4. The number of ether oxygens (including phenoxy) is 2. The summed E-state index contributed by atoms with van der Waals surface area (Å²) < 4.78 is 16.2. The van der Waals surface area contributed by atoms with Gasteiger partial charge in [-0.05, 0) is 69.9 Å². The molecule has 2 aromatic carbocycles. The Morgan fingerprint density at radius 2 is 1.78 bits per heavy atom. The Morgan fingerprint density at radius 1 is 1.08 bits per heavy atom. The topological polar surface area (TPSA) is 94.8 Å². The van der Waals surface area contributed by atoms with Gasteiger partial charge >= 0.3 is 12.1 Å². The van der Waals surface area contributed by atoms with E-state index in [1.165, 1.54) is 12.7 Å². The number of aromatic nitrogens is 2. The van der Waals surface area contributed by atoms with Crippen LogP contribution >= 0.6 is 0 Å². The zero-order valence-electron chi connectivity index (χ0n) is 21.8. The Balaban J connectivity index is 1.38. The fraction of sp³-hybridized carbons (Fsp3) is 0.448. The van der Waals surface area contributed by atoms with Gasteiger partial charge in [0, 0.05) is 24.1 Å². The van der Waals surface area contributed by atoms with Crippen LogP contribution in [0.2, 0.25) is 0 Å². The third-order valence-corrected chi connectivity index (χ3v) is 7.25. The Hall–Kier alpha value is -3.68. The number of hydrogen-bond acceptors (Lipinski definition) is 7. The molecule has 1 amide bonds. The highest BCUT2D eigenvalue weighted by molar-refractivity contribution is 5.89. The number of amides is 1. The lowest BCUT2D eigenvalue weighted by Gasteiger charge is -2.43. The standard InChI is InChI=1S/C29H33N3O5/c1-28(2,3)36-27(34)32(23-17-22(23)19-9-6-5-7-10-19)18-29(15-8-16-29)26-30-24(37-31-26)20-11-13-21(14-12-20)25(33)35-4/h5-7,9-14,22-23H,8,15-18H2,1-4H3. The van der Waals surface area contributed by atoms with Crippen molar-refractivity contribution in [2.24, 2.45) is 0 Å². The zero-order valence-corrected chi connectivity index (χ0v) is 21.8. The van der Waals surface area contributed by atoms with E-state index in [1.807, 2.05) is 43.9 Å². The quantitative estimate of drug-likeness (QED) is 0.380. The van der Waals surface area contributed by atoms with Crippen molar-refractivity contribution in [3.05, 3.63) is 71.5 Å². The third-order valence-electron chi connectivity index (χ3n) is 7.25. The molecule has 2 aliphatic carbocycles. The first-order valence-corrected chi connectivity index (χ1v) is 12.8. The van der Waals surface area contributed by atoms with Gasteiger partial charge in [0.15, 0.2) is 5.82 Å². The summed E-state index contributed by atoms with van der Waals surface area (Å²) in [5, 5.41) is 4.35. The lowest BCUT2D eigenvalue weighted by molar-refractivity contribution is 0.0123. The first-order valence-electron chi connectivity index (χ1n) is 12.8. The van der Waals surface area contributed by atoms with E-state index < -0.39 is 11.6 Å². The van der Waals surface area contributed by atoms with Crippen LogP contribution in [0.25, 0.3) is 11.5 Å². The minimum atomic E-state index is -0.588. The third kappa shape index (κ3) is 5.24. The van der Waals surface area contributed by atoms with Gasteiger partial charge in [-0.15, -0.1) is 0 Å². The summed E-state index contributed by atoms with van der Waals surface area (Å²) in [6, 6.07) is 17.3. The van der Waals surface area contributed by atoms with Crippen LogP contribution in [-0.4, -0.2) is 52.4 Å². The SMILES string of the molecule is COC(=O)c1ccc(-c2nc(C3(CN(C(=O)OC(C)(C)C)C4CC4c4ccccc4)CCC3)no2)cc1. The minimum absolute atomic E-state index is 0.0759. The molecule has 0 aliphatic heterocycles. The van der Waals surface area contributed by atoms with Crippen LogP contribution in [0.5, 0.6) is 0 Å². The van der Waals surface area contributed by atoms with Crippen LogP contribution in [0, 0.1) is 0 Å². The highest BCUT2D eigenvalue weighted by Gasteiger charge is 2.52. The molecule has 0 radical (unpaired) electrons. The van der Waals surface area contributed by atoms with E-state index in [0.29, 0.717) is 29.7 Å². The number of methoxy groups -OCH3 is 1. The Kier molecular flexibility index (Phi) is 6.52. The molecule has 8 heteroatoms. The summed E-state index contributed by atoms with van der Waals surface area (Å²) in [4.78, 5) is 31.8. The molecule has 2 aliphatic rings. The summed E-state index contributed by atoms with van der Waals surface area (Å²) >= 11 is 0. The number of carbonyl (C=O) groups excluding carboxylic acids is 2. The molecule has 8 nitrogen and oxygen atoms in total. The molecule has 2 atom stereocenters. The lowest BCUT2D eigenvalue weighted by atomic mass is 9.67. The van der Waals surface area contributed by atoms with Crippen molar-refractivity contribution in [2.45, 2.75) is 69.4 Å². The van der Waals surface area contributed by atoms with Crippen molar-refractivity contribution >= 4 is 12.1 Å². The van der Waals surface area contributed by atoms with Crippen LogP contribution in [0.15, 0.2) is 59.1 Å². The van der Waals surface area contributed by atoms with E-state index >= 15 is 0 Å². The predicted octanol–water partition coefficient (Wildman–Crippen LogP) is 5.74. The fourth-order valence-electron chi connectivity index (χ4n) is 5.03. The Morgan fingerprint density at radius 3 is 2.38 bits per heavy atom. The van der Waals surface area contributed by atoms with E-state index in [1.54, 1.807) is 24.3 Å². The molecule has 0 spiro atoms. The number of benzene rings is 2. The average Bonchev–Trinajstić information content (AvgIpc) is 3.49. The second kappa shape index (κ2) is 9.65. The maximum Gasteiger partial charge on any atom is 0.410 e. The normalized spacial score (nSPS) is 20.0. The molecule has 2 unspecified atom stereocenters. The zero-order chi connectivity index (χ0) is 26.2. The summed E-state index contributed by atoms with van der Waals surface area (Å²) in [6.45, 7) is 6.15. The molecule has 2 fully saturated rings. The van der Waals surface area contributed by atoms with Crippen molar-refractivity contribution in [3.63, 3.8) is 0 Å². The average molecular weight is 504 g/mol. The fourth-order valence-corrected chi connectivity index (χ4v) is 5.03. The number of esters is 1. The van der Waals surface area contributed by atoms with E-state index in [-0.39, 0.29) is 17.6 Å². The molecule has 1 heterocycles. The molecular weight excluding hydrogens is 470 g/mol. The summed E-state index contributed by atoms with van der Waals surface area (Å²) in [5.74, 6) is 0.883. The first-order chi connectivity index (χ1) is 17.7. The molecule has 0 N–H and O–H groups in total. The second-order valence-corrected chi connectivity index (χ2v) is 11.1. The van der Waals surface area contributed by atoms with Crippen molar-refractivity contribution in [3.8, 4) is 11.5 Å². The maximum absolute atomic E-state index is 13.4. The first kappa shape index (κ1) is 25.0.